The fourth-order valence-corrected chi connectivity index (χ4v) is 2.24. The van der Waals surface area contributed by atoms with Gasteiger partial charge in [-0.2, -0.15) is 10.1 Å². The van der Waals surface area contributed by atoms with Crippen LogP contribution in [0.5, 0.6) is 0 Å². The van der Waals surface area contributed by atoms with Gasteiger partial charge in [0.25, 0.3) is 0 Å². The first-order chi connectivity index (χ1) is 10.2. The third-order valence-electron chi connectivity index (χ3n) is 2.91. The van der Waals surface area contributed by atoms with Crippen LogP contribution in [0.1, 0.15) is 26.7 Å². The molecule has 0 spiro atoms. The Morgan fingerprint density at radius 1 is 1.19 bits per heavy atom. The smallest absolute Gasteiger partial charge is 0.247 e. The molecular weight excluding hydrogens is 286 g/mol. The van der Waals surface area contributed by atoms with E-state index in [1.165, 1.54) is 0 Å². The van der Waals surface area contributed by atoms with Crippen LogP contribution in [0.3, 0.4) is 0 Å². The Labute approximate surface area is 130 Å². The van der Waals surface area contributed by atoms with Crippen LogP contribution in [0.15, 0.2) is 30.5 Å². The summed E-state index contributed by atoms with van der Waals surface area (Å²) >= 11 is 5.98. The Balaban J connectivity index is 2.16. The van der Waals surface area contributed by atoms with Crippen LogP contribution in [-0.4, -0.2) is 28.3 Å². The zero-order valence-corrected chi connectivity index (χ0v) is 13.1. The zero-order valence-electron chi connectivity index (χ0n) is 12.4. The van der Waals surface area contributed by atoms with Crippen molar-refractivity contribution in [1.82, 2.24) is 15.2 Å². The van der Waals surface area contributed by atoms with E-state index in [0.717, 1.165) is 31.6 Å². The molecule has 0 bridgehead atoms. The summed E-state index contributed by atoms with van der Waals surface area (Å²) in [7, 11) is 0. The molecule has 1 N–H and O–H groups in total. The second-order valence-corrected chi connectivity index (χ2v) is 5.20. The molecule has 0 atom stereocenters. The van der Waals surface area contributed by atoms with Crippen molar-refractivity contribution >= 4 is 29.1 Å². The lowest BCUT2D eigenvalue weighted by Gasteiger charge is -2.21. The lowest BCUT2D eigenvalue weighted by molar-refractivity contribution is 0.711. The number of anilines is 3. The van der Waals surface area contributed by atoms with Gasteiger partial charge in [-0.25, -0.2) is 0 Å². The Kier molecular flexibility index (Phi) is 5.75. The predicted molar refractivity (Wildman–Crippen MR) is 87.4 cm³/mol. The Morgan fingerprint density at radius 3 is 2.62 bits per heavy atom. The Morgan fingerprint density at radius 2 is 1.95 bits per heavy atom. The summed E-state index contributed by atoms with van der Waals surface area (Å²) in [4.78, 5) is 6.68. The average molecular weight is 306 g/mol. The first-order valence-corrected chi connectivity index (χ1v) is 7.58. The van der Waals surface area contributed by atoms with Crippen molar-refractivity contribution in [3.8, 4) is 0 Å². The fourth-order valence-electron chi connectivity index (χ4n) is 2.05. The van der Waals surface area contributed by atoms with Crippen molar-refractivity contribution in [1.29, 1.82) is 0 Å². The highest BCUT2D eigenvalue weighted by Crippen LogP contribution is 2.19. The molecular formula is C15H20ClN5. The maximum atomic E-state index is 5.98. The maximum Gasteiger partial charge on any atom is 0.247 e. The van der Waals surface area contributed by atoms with Gasteiger partial charge in [-0.1, -0.05) is 31.5 Å². The molecule has 6 heteroatoms. The topological polar surface area (TPSA) is 53.9 Å². The van der Waals surface area contributed by atoms with Crippen LogP contribution in [0.2, 0.25) is 5.02 Å². The molecule has 0 aliphatic rings. The summed E-state index contributed by atoms with van der Waals surface area (Å²) in [5, 5.41) is 12.1. The number of nitrogens with one attached hydrogen (secondary N) is 1. The second kappa shape index (κ2) is 7.78. The molecule has 21 heavy (non-hydrogen) atoms. The van der Waals surface area contributed by atoms with Gasteiger partial charge < -0.3 is 10.2 Å². The Bertz CT molecular complexity index is 569. The predicted octanol–water partition coefficient (Wildman–Crippen LogP) is 3.90. The van der Waals surface area contributed by atoms with E-state index in [4.69, 9.17) is 11.6 Å². The number of hydrogen-bond acceptors (Lipinski definition) is 5. The van der Waals surface area contributed by atoms with E-state index in [1.807, 2.05) is 24.3 Å². The molecule has 0 aliphatic heterocycles. The van der Waals surface area contributed by atoms with Gasteiger partial charge in [-0.15, -0.1) is 5.10 Å². The first-order valence-electron chi connectivity index (χ1n) is 7.20. The van der Waals surface area contributed by atoms with Crippen LogP contribution in [-0.2, 0) is 0 Å². The fraction of sp³-hybridized carbons (Fsp3) is 0.400. The molecule has 112 valence electrons. The van der Waals surface area contributed by atoms with Crippen molar-refractivity contribution in [2.45, 2.75) is 26.7 Å². The summed E-state index contributed by atoms with van der Waals surface area (Å²) in [6.07, 6.45) is 3.71. The van der Waals surface area contributed by atoms with Gasteiger partial charge in [-0.05, 0) is 31.0 Å². The molecule has 0 radical (unpaired) electrons. The summed E-state index contributed by atoms with van der Waals surface area (Å²) in [6, 6.07) is 7.50. The number of rotatable bonds is 7. The molecule has 0 saturated heterocycles. The number of hydrogen-bond donors (Lipinski definition) is 1. The van der Waals surface area contributed by atoms with Crippen LogP contribution in [0.4, 0.5) is 17.5 Å². The summed E-state index contributed by atoms with van der Waals surface area (Å²) in [5.41, 5.74) is 0.881. The second-order valence-electron chi connectivity index (χ2n) is 4.76. The maximum absolute atomic E-state index is 5.98. The van der Waals surface area contributed by atoms with Gasteiger partial charge in [0.05, 0.1) is 6.20 Å². The first kappa shape index (κ1) is 15.5. The molecule has 0 saturated carbocycles. The minimum absolute atomic E-state index is 0.658. The van der Waals surface area contributed by atoms with Gasteiger partial charge in [0, 0.05) is 23.8 Å². The molecule has 2 rings (SSSR count). The number of halogens is 1. The lowest BCUT2D eigenvalue weighted by atomic mass is 10.3. The molecule has 1 aromatic carbocycles. The van der Waals surface area contributed by atoms with E-state index >= 15 is 0 Å². The molecule has 1 aromatic heterocycles. The summed E-state index contributed by atoms with van der Waals surface area (Å²) in [5.74, 6) is 1.32. The van der Waals surface area contributed by atoms with Crippen molar-refractivity contribution in [3.63, 3.8) is 0 Å². The van der Waals surface area contributed by atoms with Gasteiger partial charge in [0.2, 0.25) is 5.95 Å². The number of aromatic nitrogens is 3. The minimum atomic E-state index is 0.658. The monoisotopic (exact) mass is 305 g/mol. The van der Waals surface area contributed by atoms with Crippen molar-refractivity contribution in [3.05, 3.63) is 35.5 Å². The molecule has 0 fully saturated rings. The zero-order chi connectivity index (χ0) is 15.1. The number of nitrogens with zero attached hydrogens (tertiary/aromatic N) is 4. The molecule has 2 aromatic rings. The van der Waals surface area contributed by atoms with E-state index in [2.05, 4.69) is 39.2 Å². The summed E-state index contributed by atoms with van der Waals surface area (Å²) < 4.78 is 0. The van der Waals surface area contributed by atoms with Gasteiger partial charge >= 0.3 is 0 Å². The van der Waals surface area contributed by atoms with E-state index < -0.39 is 0 Å². The highest BCUT2D eigenvalue weighted by Gasteiger charge is 2.09. The quantitative estimate of drug-likeness (QED) is 0.841. The van der Waals surface area contributed by atoms with Crippen molar-refractivity contribution in [2.75, 3.05) is 23.3 Å². The van der Waals surface area contributed by atoms with Gasteiger partial charge in [-0.3, -0.25) is 0 Å². The highest BCUT2D eigenvalue weighted by atomic mass is 35.5. The molecule has 1 heterocycles. The van der Waals surface area contributed by atoms with Crippen molar-refractivity contribution < 1.29 is 0 Å². The van der Waals surface area contributed by atoms with E-state index in [1.54, 1.807) is 6.20 Å². The van der Waals surface area contributed by atoms with Gasteiger partial charge in [0.1, 0.15) is 0 Å². The highest BCUT2D eigenvalue weighted by molar-refractivity contribution is 6.30. The van der Waals surface area contributed by atoms with E-state index in [0.29, 0.717) is 16.8 Å². The van der Waals surface area contributed by atoms with Crippen LogP contribution in [0.25, 0.3) is 0 Å². The molecule has 0 amide bonds. The van der Waals surface area contributed by atoms with Crippen LogP contribution in [0, 0.1) is 0 Å². The Hall–Kier alpha value is -1.88. The SMILES string of the molecule is CCCN(CCC)c1nncc(Nc2cccc(Cl)c2)n1. The van der Waals surface area contributed by atoms with Crippen LogP contribution < -0.4 is 10.2 Å². The minimum Gasteiger partial charge on any atom is -0.339 e. The molecule has 5 nitrogen and oxygen atoms in total. The largest absolute Gasteiger partial charge is 0.339 e. The number of benzene rings is 1. The van der Waals surface area contributed by atoms with Crippen molar-refractivity contribution in [2.24, 2.45) is 0 Å². The third-order valence-corrected chi connectivity index (χ3v) is 3.15. The average Bonchev–Trinajstić information content (AvgIpc) is 2.47. The lowest BCUT2D eigenvalue weighted by Crippen LogP contribution is -2.27. The van der Waals surface area contributed by atoms with Crippen LogP contribution >= 0.6 is 11.6 Å². The third kappa shape index (κ3) is 4.56. The summed E-state index contributed by atoms with van der Waals surface area (Å²) in [6.45, 7) is 6.14. The molecule has 0 unspecified atom stereocenters. The van der Waals surface area contributed by atoms with Gasteiger partial charge in [0.15, 0.2) is 5.82 Å². The van der Waals surface area contributed by atoms with E-state index in [-0.39, 0.29) is 0 Å². The molecule has 0 aliphatic carbocycles. The normalized spacial score (nSPS) is 10.4. The van der Waals surface area contributed by atoms with E-state index in [9.17, 15) is 0 Å². The standard InChI is InChI=1S/C15H20ClN5/c1-3-8-21(9-4-2)15-19-14(11-17-20-15)18-13-7-5-6-12(16)10-13/h5-7,10-11H,3-4,8-9H2,1-2H3,(H,18,19,20).